The first-order valence-electron chi connectivity index (χ1n) is 10.2. The molecule has 1 aromatic heterocycles. The Morgan fingerprint density at radius 1 is 1.04 bits per heavy atom. The largest absolute Gasteiger partial charge is 0.372 e. The van der Waals surface area contributed by atoms with Gasteiger partial charge in [0.15, 0.2) is 0 Å². The minimum absolute atomic E-state index is 0.0671. The molecule has 150 valence electrons. The molecule has 7 heteroatoms. The van der Waals surface area contributed by atoms with Crippen LogP contribution in [0.15, 0.2) is 29.6 Å². The number of rotatable bonds is 6. The average Bonchev–Trinajstić information content (AvgIpc) is 3.36. The Bertz CT molecular complexity index is 776. The molecule has 28 heavy (non-hydrogen) atoms. The maximum absolute atomic E-state index is 12.4. The number of nitrogens with one attached hydrogen (secondary N) is 1. The molecule has 0 radical (unpaired) electrons. The highest BCUT2D eigenvalue weighted by atomic mass is 32.1. The van der Waals surface area contributed by atoms with Gasteiger partial charge in [-0.25, -0.2) is 4.98 Å². The summed E-state index contributed by atoms with van der Waals surface area (Å²) in [7, 11) is 0. The van der Waals surface area contributed by atoms with E-state index >= 15 is 0 Å². The number of thiazole rings is 1. The van der Waals surface area contributed by atoms with Crippen molar-refractivity contribution in [2.45, 2.75) is 26.3 Å². The quantitative estimate of drug-likeness (QED) is 0.810. The van der Waals surface area contributed by atoms with Crippen LogP contribution in [0.4, 0.5) is 11.4 Å². The minimum atomic E-state index is 0.0671. The zero-order valence-corrected chi connectivity index (χ0v) is 17.4. The molecule has 2 saturated heterocycles. The second kappa shape index (κ2) is 9.03. The standard InChI is InChI=1S/C21H29N5OS/c1-17-22-19(16-28-17)14-24-10-12-25(13-11-24)15-21(27)23-18-4-6-20(7-5-18)26-8-2-3-9-26/h4-7,16H,2-3,8-15H2,1H3,(H,23,27). The number of carbonyl (C=O) groups is 1. The summed E-state index contributed by atoms with van der Waals surface area (Å²) in [5.41, 5.74) is 3.29. The van der Waals surface area contributed by atoms with Crippen molar-refractivity contribution in [2.75, 3.05) is 56.0 Å². The average molecular weight is 400 g/mol. The summed E-state index contributed by atoms with van der Waals surface area (Å²) in [6.45, 7) is 9.49. The fourth-order valence-corrected chi connectivity index (χ4v) is 4.55. The molecule has 0 bridgehead atoms. The Kier molecular flexibility index (Phi) is 6.24. The van der Waals surface area contributed by atoms with Gasteiger partial charge in [-0.05, 0) is 44.0 Å². The molecule has 0 aliphatic carbocycles. The van der Waals surface area contributed by atoms with E-state index < -0.39 is 0 Å². The molecule has 3 heterocycles. The molecule has 1 aromatic carbocycles. The van der Waals surface area contributed by atoms with Gasteiger partial charge in [-0.15, -0.1) is 11.3 Å². The summed E-state index contributed by atoms with van der Waals surface area (Å²) in [5, 5.41) is 6.31. The lowest BCUT2D eigenvalue weighted by molar-refractivity contribution is -0.117. The number of aryl methyl sites for hydroxylation is 1. The van der Waals surface area contributed by atoms with Crippen molar-refractivity contribution in [2.24, 2.45) is 0 Å². The van der Waals surface area contributed by atoms with Crippen LogP contribution < -0.4 is 10.2 Å². The monoisotopic (exact) mass is 399 g/mol. The van der Waals surface area contributed by atoms with E-state index in [1.54, 1.807) is 11.3 Å². The van der Waals surface area contributed by atoms with Crippen molar-refractivity contribution < 1.29 is 4.79 Å². The maximum atomic E-state index is 12.4. The van der Waals surface area contributed by atoms with Crippen LogP contribution in [0, 0.1) is 6.92 Å². The van der Waals surface area contributed by atoms with Gasteiger partial charge in [-0.3, -0.25) is 14.6 Å². The Morgan fingerprint density at radius 3 is 2.36 bits per heavy atom. The topological polar surface area (TPSA) is 51.7 Å². The maximum Gasteiger partial charge on any atom is 0.238 e. The highest BCUT2D eigenvalue weighted by Crippen LogP contribution is 2.22. The number of amides is 1. The first-order chi connectivity index (χ1) is 13.7. The fraction of sp³-hybridized carbons (Fsp3) is 0.524. The van der Waals surface area contributed by atoms with Crippen molar-refractivity contribution in [3.63, 3.8) is 0 Å². The molecule has 2 aliphatic rings. The van der Waals surface area contributed by atoms with Crippen LogP contribution in [0.5, 0.6) is 0 Å². The van der Waals surface area contributed by atoms with Crippen molar-refractivity contribution in [3.05, 3.63) is 40.3 Å². The van der Waals surface area contributed by atoms with E-state index in [0.717, 1.165) is 62.2 Å². The second-order valence-electron chi connectivity index (χ2n) is 7.70. The normalized spacial score (nSPS) is 18.5. The van der Waals surface area contributed by atoms with E-state index in [1.165, 1.54) is 18.5 Å². The number of hydrogen-bond donors (Lipinski definition) is 1. The molecule has 0 saturated carbocycles. The third kappa shape index (κ3) is 5.10. The SMILES string of the molecule is Cc1nc(CN2CCN(CC(=O)Nc3ccc(N4CCCC4)cc3)CC2)cs1. The summed E-state index contributed by atoms with van der Waals surface area (Å²) >= 11 is 1.71. The number of anilines is 2. The zero-order chi connectivity index (χ0) is 19.3. The lowest BCUT2D eigenvalue weighted by Crippen LogP contribution is -2.48. The summed E-state index contributed by atoms with van der Waals surface area (Å²) in [5.74, 6) is 0.0671. The number of nitrogens with zero attached hydrogens (tertiary/aromatic N) is 4. The Labute approximate surface area is 171 Å². The number of carbonyl (C=O) groups excluding carboxylic acids is 1. The van der Waals surface area contributed by atoms with E-state index in [2.05, 4.69) is 42.5 Å². The molecule has 0 unspecified atom stereocenters. The van der Waals surface area contributed by atoms with Crippen LogP contribution in [-0.2, 0) is 11.3 Å². The van der Waals surface area contributed by atoms with Gasteiger partial charge in [0.1, 0.15) is 0 Å². The molecule has 6 nitrogen and oxygen atoms in total. The zero-order valence-electron chi connectivity index (χ0n) is 16.6. The van der Waals surface area contributed by atoms with Crippen molar-refractivity contribution in [1.29, 1.82) is 0 Å². The van der Waals surface area contributed by atoms with E-state index in [-0.39, 0.29) is 5.91 Å². The molecule has 2 aliphatic heterocycles. The van der Waals surface area contributed by atoms with Gasteiger partial charge >= 0.3 is 0 Å². The molecule has 2 fully saturated rings. The van der Waals surface area contributed by atoms with E-state index in [9.17, 15) is 4.79 Å². The van der Waals surface area contributed by atoms with Gasteiger partial charge in [0.05, 0.1) is 17.2 Å². The molecular formula is C21H29N5OS. The molecule has 0 spiro atoms. The van der Waals surface area contributed by atoms with Crippen LogP contribution in [0.25, 0.3) is 0 Å². The first-order valence-corrected chi connectivity index (χ1v) is 11.0. The van der Waals surface area contributed by atoms with Crippen LogP contribution in [0.3, 0.4) is 0 Å². The third-order valence-electron chi connectivity index (χ3n) is 5.51. The van der Waals surface area contributed by atoms with Crippen LogP contribution >= 0.6 is 11.3 Å². The molecule has 0 atom stereocenters. The molecule has 1 amide bonds. The van der Waals surface area contributed by atoms with E-state index in [4.69, 9.17) is 0 Å². The predicted molar refractivity (Wildman–Crippen MR) is 115 cm³/mol. The van der Waals surface area contributed by atoms with Crippen molar-refractivity contribution >= 4 is 28.6 Å². The lowest BCUT2D eigenvalue weighted by Gasteiger charge is -2.33. The van der Waals surface area contributed by atoms with Gasteiger partial charge in [-0.1, -0.05) is 0 Å². The highest BCUT2D eigenvalue weighted by molar-refractivity contribution is 7.09. The van der Waals surface area contributed by atoms with E-state index in [1.807, 2.05) is 19.1 Å². The number of hydrogen-bond acceptors (Lipinski definition) is 6. The van der Waals surface area contributed by atoms with Gasteiger partial charge in [0.25, 0.3) is 0 Å². The summed E-state index contributed by atoms with van der Waals surface area (Å²) in [6.07, 6.45) is 2.55. The second-order valence-corrected chi connectivity index (χ2v) is 8.76. The van der Waals surface area contributed by atoms with Gasteiger partial charge in [0.2, 0.25) is 5.91 Å². The van der Waals surface area contributed by atoms with Crippen molar-refractivity contribution in [3.8, 4) is 0 Å². The Hall–Kier alpha value is -1.96. The summed E-state index contributed by atoms with van der Waals surface area (Å²) < 4.78 is 0. The fourth-order valence-electron chi connectivity index (χ4n) is 3.95. The number of piperazine rings is 1. The summed E-state index contributed by atoms with van der Waals surface area (Å²) in [6, 6.07) is 8.25. The van der Waals surface area contributed by atoms with Gasteiger partial charge in [-0.2, -0.15) is 0 Å². The number of aromatic nitrogens is 1. The predicted octanol–water partition coefficient (Wildman–Crippen LogP) is 2.81. The minimum Gasteiger partial charge on any atom is -0.372 e. The van der Waals surface area contributed by atoms with Gasteiger partial charge in [0, 0.05) is 62.6 Å². The summed E-state index contributed by atoms with van der Waals surface area (Å²) in [4.78, 5) is 24.0. The van der Waals surface area contributed by atoms with Crippen LogP contribution in [0.1, 0.15) is 23.5 Å². The lowest BCUT2D eigenvalue weighted by atomic mass is 10.2. The molecule has 1 N–H and O–H groups in total. The Morgan fingerprint density at radius 2 is 1.71 bits per heavy atom. The van der Waals surface area contributed by atoms with Crippen LogP contribution in [0.2, 0.25) is 0 Å². The smallest absolute Gasteiger partial charge is 0.238 e. The van der Waals surface area contributed by atoms with E-state index in [0.29, 0.717) is 6.54 Å². The highest BCUT2D eigenvalue weighted by Gasteiger charge is 2.20. The Balaban J connectivity index is 1.20. The van der Waals surface area contributed by atoms with Crippen molar-refractivity contribution in [1.82, 2.24) is 14.8 Å². The first kappa shape index (κ1) is 19.4. The third-order valence-corrected chi connectivity index (χ3v) is 6.33. The number of benzene rings is 1. The molecule has 2 aromatic rings. The molecular weight excluding hydrogens is 370 g/mol. The van der Waals surface area contributed by atoms with Crippen LogP contribution in [-0.4, -0.2) is 66.5 Å². The molecule has 4 rings (SSSR count). The van der Waals surface area contributed by atoms with Gasteiger partial charge < -0.3 is 10.2 Å².